The van der Waals surface area contributed by atoms with Crippen LogP contribution in [0.25, 0.3) is 0 Å². The third kappa shape index (κ3) is 2.67. The van der Waals surface area contributed by atoms with Gasteiger partial charge in [0.2, 0.25) is 0 Å². The molecule has 2 aliphatic rings. The van der Waals surface area contributed by atoms with Crippen LogP contribution in [0.4, 0.5) is 0 Å². The summed E-state index contributed by atoms with van der Waals surface area (Å²) in [6, 6.07) is 0. The van der Waals surface area contributed by atoms with Gasteiger partial charge in [-0.3, -0.25) is 0 Å². The second-order valence-electron chi connectivity index (χ2n) is 5.54. The number of allylic oxidation sites excluding steroid dienone is 1. The summed E-state index contributed by atoms with van der Waals surface area (Å²) in [5.41, 5.74) is 0.336. The van der Waals surface area contributed by atoms with E-state index in [-0.39, 0.29) is 0 Å². The molecule has 0 spiro atoms. The molecule has 2 heteroatoms. The van der Waals surface area contributed by atoms with Crippen molar-refractivity contribution < 1.29 is 0 Å². The van der Waals surface area contributed by atoms with Crippen molar-refractivity contribution in [3.63, 3.8) is 0 Å². The topological polar surface area (TPSA) is 15.3 Å². The van der Waals surface area contributed by atoms with Crippen LogP contribution in [-0.4, -0.2) is 23.5 Å². The highest BCUT2D eigenvalue weighted by Crippen LogP contribution is 2.37. The molecule has 0 aromatic rings. The van der Waals surface area contributed by atoms with Gasteiger partial charge in [0.25, 0.3) is 0 Å². The number of nitrogens with one attached hydrogen (secondary N) is 1. The quantitative estimate of drug-likeness (QED) is 0.803. The van der Waals surface area contributed by atoms with Crippen LogP contribution in [0.5, 0.6) is 0 Å². The minimum atomic E-state index is 0.336. The molecule has 2 aliphatic heterocycles. The van der Waals surface area contributed by atoms with Crippen LogP contribution in [0, 0.1) is 5.92 Å². The summed E-state index contributed by atoms with van der Waals surface area (Å²) in [6.45, 7) is 7.06. The Bertz CT molecular complexity index is 295. The maximum absolute atomic E-state index is 3.31. The molecule has 0 radical (unpaired) electrons. The Morgan fingerprint density at radius 3 is 3.06 bits per heavy atom. The zero-order valence-electron chi connectivity index (χ0n) is 11.3. The molecular weight excluding hydrogens is 208 g/mol. The summed E-state index contributed by atoms with van der Waals surface area (Å²) in [4.78, 5) is 2.60. The van der Waals surface area contributed by atoms with Gasteiger partial charge in [-0.15, -0.1) is 0 Å². The molecule has 0 bridgehead atoms. The molecule has 0 saturated carbocycles. The molecule has 96 valence electrons. The fourth-order valence-corrected chi connectivity index (χ4v) is 3.07. The Kier molecular flexibility index (Phi) is 4.14. The van der Waals surface area contributed by atoms with Gasteiger partial charge in [0.05, 0.1) is 0 Å². The summed E-state index contributed by atoms with van der Waals surface area (Å²) >= 11 is 0. The van der Waals surface area contributed by atoms with E-state index in [1.54, 1.807) is 0 Å². The Morgan fingerprint density at radius 2 is 2.35 bits per heavy atom. The van der Waals surface area contributed by atoms with E-state index >= 15 is 0 Å². The molecule has 1 N–H and O–H groups in total. The Balaban J connectivity index is 2.10. The zero-order chi connectivity index (χ0) is 12.1. The summed E-state index contributed by atoms with van der Waals surface area (Å²) in [5.74, 6) is 0.700. The standard InChI is InChI=1S/C15H26N2/c1-3-4-12-17-13-6-5-9-15(17,2)14-7-10-16-11-8-14/h6-7,10,13-14,16H,3-5,8-9,11-12H2,1-2H3. The van der Waals surface area contributed by atoms with E-state index in [4.69, 9.17) is 0 Å². The lowest BCUT2D eigenvalue weighted by atomic mass is 9.76. The Morgan fingerprint density at radius 1 is 1.47 bits per heavy atom. The van der Waals surface area contributed by atoms with Crippen LogP contribution in [0.1, 0.15) is 46.0 Å². The number of hydrogen-bond donors (Lipinski definition) is 1. The van der Waals surface area contributed by atoms with Gasteiger partial charge in [0.1, 0.15) is 0 Å². The minimum absolute atomic E-state index is 0.336. The third-order valence-electron chi connectivity index (χ3n) is 4.36. The SMILES string of the molecule is CCCCN1C=CCCC1(C)C1C=CNCC1. The van der Waals surface area contributed by atoms with E-state index < -0.39 is 0 Å². The fourth-order valence-electron chi connectivity index (χ4n) is 3.07. The summed E-state index contributed by atoms with van der Waals surface area (Å²) in [5, 5.41) is 3.31. The molecule has 2 unspecified atom stereocenters. The number of rotatable bonds is 4. The van der Waals surface area contributed by atoms with E-state index in [0.29, 0.717) is 11.5 Å². The van der Waals surface area contributed by atoms with Gasteiger partial charge in [0, 0.05) is 24.5 Å². The van der Waals surface area contributed by atoms with Gasteiger partial charge < -0.3 is 10.2 Å². The first kappa shape index (κ1) is 12.5. The molecule has 0 aromatic carbocycles. The van der Waals surface area contributed by atoms with Crippen LogP contribution < -0.4 is 5.32 Å². The summed E-state index contributed by atoms with van der Waals surface area (Å²) < 4.78 is 0. The van der Waals surface area contributed by atoms with Crippen molar-refractivity contribution in [1.29, 1.82) is 0 Å². The fraction of sp³-hybridized carbons (Fsp3) is 0.733. The average Bonchev–Trinajstić information content (AvgIpc) is 2.39. The summed E-state index contributed by atoms with van der Waals surface area (Å²) in [7, 11) is 0. The van der Waals surface area contributed by atoms with Crippen LogP contribution in [-0.2, 0) is 0 Å². The van der Waals surface area contributed by atoms with Crippen LogP contribution in [0.15, 0.2) is 24.6 Å². The number of hydrogen-bond acceptors (Lipinski definition) is 2. The van der Waals surface area contributed by atoms with Gasteiger partial charge in [-0.1, -0.05) is 25.5 Å². The van der Waals surface area contributed by atoms with E-state index in [1.807, 2.05) is 0 Å². The highest BCUT2D eigenvalue weighted by molar-refractivity contribution is 5.10. The van der Waals surface area contributed by atoms with E-state index in [1.165, 1.54) is 38.6 Å². The van der Waals surface area contributed by atoms with E-state index in [9.17, 15) is 0 Å². The lowest BCUT2D eigenvalue weighted by Gasteiger charge is -2.48. The minimum Gasteiger partial charge on any atom is -0.391 e. The second kappa shape index (κ2) is 5.61. The molecule has 17 heavy (non-hydrogen) atoms. The number of nitrogens with zero attached hydrogens (tertiary/aromatic N) is 1. The highest BCUT2D eigenvalue weighted by Gasteiger charge is 2.37. The van der Waals surface area contributed by atoms with Crippen molar-refractivity contribution >= 4 is 0 Å². The maximum atomic E-state index is 3.31. The van der Waals surface area contributed by atoms with Gasteiger partial charge in [-0.25, -0.2) is 0 Å². The molecule has 2 heterocycles. The molecule has 0 amide bonds. The lowest BCUT2D eigenvalue weighted by molar-refractivity contribution is 0.0877. The molecule has 2 atom stereocenters. The molecule has 2 rings (SSSR count). The first-order valence-corrected chi connectivity index (χ1v) is 7.11. The lowest BCUT2D eigenvalue weighted by Crippen LogP contribution is -2.51. The van der Waals surface area contributed by atoms with Crippen molar-refractivity contribution in [2.75, 3.05) is 13.1 Å². The second-order valence-corrected chi connectivity index (χ2v) is 5.54. The van der Waals surface area contributed by atoms with Crippen molar-refractivity contribution in [2.24, 2.45) is 5.92 Å². The first-order valence-electron chi connectivity index (χ1n) is 7.11. The Labute approximate surface area is 106 Å². The van der Waals surface area contributed by atoms with Crippen LogP contribution >= 0.6 is 0 Å². The van der Waals surface area contributed by atoms with Crippen molar-refractivity contribution in [3.8, 4) is 0 Å². The average molecular weight is 234 g/mol. The predicted molar refractivity (Wildman–Crippen MR) is 73.6 cm³/mol. The molecule has 0 saturated heterocycles. The molecule has 0 aromatic heterocycles. The molecule has 2 nitrogen and oxygen atoms in total. The number of unbranched alkanes of at least 4 members (excludes halogenated alkanes) is 1. The third-order valence-corrected chi connectivity index (χ3v) is 4.36. The van der Waals surface area contributed by atoms with Crippen molar-refractivity contribution in [1.82, 2.24) is 10.2 Å². The van der Waals surface area contributed by atoms with Crippen LogP contribution in [0.2, 0.25) is 0 Å². The van der Waals surface area contributed by atoms with Crippen LogP contribution in [0.3, 0.4) is 0 Å². The van der Waals surface area contributed by atoms with Gasteiger partial charge in [-0.2, -0.15) is 0 Å². The van der Waals surface area contributed by atoms with Crippen molar-refractivity contribution in [2.45, 2.75) is 51.5 Å². The molecule has 0 fully saturated rings. The maximum Gasteiger partial charge on any atom is 0.0435 e. The molecule has 0 aliphatic carbocycles. The smallest absolute Gasteiger partial charge is 0.0435 e. The summed E-state index contributed by atoms with van der Waals surface area (Å²) in [6.07, 6.45) is 15.6. The Hall–Kier alpha value is -0.920. The van der Waals surface area contributed by atoms with Gasteiger partial charge in [-0.05, 0) is 45.0 Å². The normalized spacial score (nSPS) is 32.6. The largest absolute Gasteiger partial charge is 0.391 e. The zero-order valence-corrected chi connectivity index (χ0v) is 11.3. The van der Waals surface area contributed by atoms with E-state index in [2.05, 4.69) is 48.6 Å². The first-order chi connectivity index (χ1) is 8.27. The van der Waals surface area contributed by atoms with Crippen molar-refractivity contribution in [3.05, 3.63) is 24.6 Å². The van der Waals surface area contributed by atoms with E-state index in [0.717, 1.165) is 6.54 Å². The molecular formula is C15H26N2. The van der Waals surface area contributed by atoms with Gasteiger partial charge in [0.15, 0.2) is 0 Å². The predicted octanol–water partition coefficient (Wildman–Crippen LogP) is 3.28. The highest BCUT2D eigenvalue weighted by atomic mass is 15.2. The van der Waals surface area contributed by atoms with Gasteiger partial charge >= 0.3 is 0 Å². The monoisotopic (exact) mass is 234 g/mol.